The lowest BCUT2D eigenvalue weighted by molar-refractivity contribution is -0.113. The predicted octanol–water partition coefficient (Wildman–Crippen LogP) is 4.26. The van der Waals surface area contributed by atoms with Gasteiger partial charge >= 0.3 is 0 Å². The van der Waals surface area contributed by atoms with Crippen LogP contribution in [0.1, 0.15) is 43.8 Å². The summed E-state index contributed by atoms with van der Waals surface area (Å²) in [6.07, 6.45) is 7.92. The number of amides is 1. The molecular weight excluding hydrogens is 388 g/mol. The number of benzene rings is 1. The molecule has 7 nitrogen and oxygen atoms in total. The summed E-state index contributed by atoms with van der Waals surface area (Å²) in [5, 5.41) is 12.4. The number of methoxy groups -OCH3 is 2. The second-order valence-corrected chi connectivity index (χ2v) is 7.96. The number of ether oxygens (including phenoxy) is 2. The maximum atomic E-state index is 12.5. The molecule has 0 bridgehead atoms. The van der Waals surface area contributed by atoms with Crippen molar-refractivity contribution in [2.75, 3.05) is 25.3 Å². The Kier molecular flexibility index (Phi) is 7.57. The zero-order valence-corrected chi connectivity index (χ0v) is 17.8. The number of thioether (sulfide) groups is 1. The average Bonchev–Trinajstić information content (AvgIpc) is 3.15. The van der Waals surface area contributed by atoms with Crippen LogP contribution >= 0.6 is 11.8 Å². The summed E-state index contributed by atoms with van der Waals surface area (Å²) in [6.45, 7) is 4.51. The van der Waals surface area contributed by atoms with E-state index in [1.807, 2.05) is 6.08 Å². The second-order valence-electron chi connectivity index (χ2n) is 7.01. The van der Waals surface area contributed by atoms with Crippen molar-refractivity contribution < 1.29 is 14.3 Å². The first-order valence-corrected chi connectivity index (χ1v) is 10.8. The highest BCUT2D eigenvalue weighted by Gasteiger charge is 2.23. The molecule has 1 fully saturated rings. The highest BCUT2D eigenvalue weighted by molar-refractivity contribution is 7.99. The van der Waals surface area contributed by atoms with Gasteiger partial charge in [-0.2, -0.15) is 0 Å². The molecule has 1 saturated carbocycles. The van der Waals surface area contributed by atoms with Crippen molar-refractivity contribution in [3.63, 3.8) is 0 Å². The van der Waals surface area contributed by atoms with Crippen LogP contribution in [0.5, 0.6) is 11.5 Å². The van der Waals surface area contributed by atoms with Crippen LogP contribution in [-0.4, -0.2) is 40.6 Å². The van der Waals surface area contributed by atoms with Gasteiger partial charge < -0.3 is 19.4 Å². The first kappa shape index (κ1) is 21.2. The Hall–Kier alpha value is -2.48. The molecule has 1 amide bonds. The molecule has 3 rings (SSSR count). The van der Waals surface area contributed by atoms with E-state index in [-0.39, 0.29) is 11.7 Å². The summed E-state index contributed by atoms with van der Waals surface area (Å²) < 4.78 is 12.6. The van der Waals surface area contributed by atoms with E-state index in [2.05, 4.69) is 26.7 Å². The van der Waals surface area contributed by atoms with Gasteiger partial charge in [0.15, 0.2) is 5.16 Å². The second kappa shape index (κ2) is 10.3. The third-order valence-electron chi connectivity index (χ3n) is 5.00. The molecular formula is C21H28N4O3S. The summed E-state index contributed by atoms with van der Waals surface area (Å²) in [5.41, 5.74) is 0.627. The first-order chi connectivity index (χ1) is 14.1. The lowest BCUT2D eigenvalue weighted by Gasteiger charge is -2.21. The van der Waals surface area contributed by atoms with Crippen LogP contribution in [0.25, 0.3) is 0 Å². The van der Waals surface area contributed by atoms with E-state index in [1.165, 1.54) is 31.0 Å². The molecule has 156 valence electrons. The van der Waals surface area contributed by atoms with E-state index in [9.17, 15) is 4.79 Å². The van der Waals surface area contributed by atoms with Gasteiger partial charge in [-0.1, -0.05) is 37.1 Å². The third-order valence-corrected chi connectivity index (χ3v) is 5.96. The number of aromatic nitrogens is 3. The number of anilines is 1. The lowest BCUT2D eigenvalue weighted by atomic mass is 9.89. The minimum absolute atomic E-state index is 0.127. The zero-order valence-electron chi connectivity index (χ0n) is 17.0. The maximum Gasteiger partial charge on any atom is 0.234 e. The SMILES string of the molecule is C=CCn1c(SCC(=O)Nc2cc(OC)cc(OC)c2)nnc1C1CCCCC1. The Morgan fingerprint density at radius 1 is 1.21 bits per heavy atom. The maximum absolute atomic E-state index is 12.5. The molecule has 1 heterocycles. The number of hydrogen-bond acceptors (Lipinski definition) is 6. The van der Waals surface area contributed by atoms with Crippen molar-refractivity contribution >= 4 is 23.4 Å². The third kappa shape index (κ3) is 5.53. The lowest BCUT2D eigenvalue weighted by Crippen LogP contribution is -2.15. The molecule has 0 unspecified atom stereocenters. The largest absolute Gasteiger partial charge is 0.497 e. The van der Waals surface area contributed by atoms with Crippen molar-refractivity contribution in [3.05, 3.63) is 36.7 Å². The molecule has 0 atom stereocenters. The van der Waals surface area contributed by atoms with Gasteiger partial charge in [0.2, 0.25) is 5.91 Å². The Morgan fingerprint density at radius 2 is 1.90 bits per heavy atom. The molecule has 1 aromatic heterocycles. The van der Waals surface area contributed by atoms with Gasteiger partial charge in [-0.05, 0) is 12.8 Å². The molecule has 8 heteroatoms. The molecule has 0 aliphatic heterocycles. The molecule has 0 radical (unpaired) electrons. The van der Waals surface area contributed by atoms with Gasteiger partial charge in [0.1, 0.15) is 17.3 Å². The van der Waals surface area contributed by atoms with Crippen molar-refractivity contribution in [2.45, 2.75) is 49.7 Å². The number of nitrogens with one attached hydrogen (secondary N) is 1. The van der Waals surface area contributed by atoms with Gasteiger partial charge in [0.05, 0.1) is 20.0 Å². The number of hydrogen-bond donors (Lipinski definition) is 1. The van der Waals surface area contributed by atoms with Gasteiger partial charge in [0, 0.05) is 36.3 Å². The highest BCUT2D eigenvalue weighted by Crippen LogP contribution is 2.33. The van der Waals surface area contributed by atoms with Gasteiger partial charge in [0.25, 0.3) is 0 Å². The average molecular weight is 417 g/mol. The summed E-state index contributed by atoms with van der Waals surface area (Å²) in [7, 11) is 3.15. The smallest absolute Gasteiger partial charge is 0.234 e. The highest BCUT2D eigenvalue weighted by atomic mass is 32.2. The van der Waals surface area contributed by atoms with E-state index >= 15 is 0 Å². The minimum Gasteiger partial charge on any atom is -0.497 e. The normalized spacial score (nSPS) is 14.4. The standard InChI is InChI=1S/C21H28N4O3S/c1-4-10-25-20(15-8-6-5-7-9-15)23-24-21(25)29-14-19(26)22-16-11-17(27-2)13-18(12-16)28-3/h4,11-13,15H,1,5-10,14H2,2-3H3,(H,22,26). The summed E-state index contributed by atoms with van der Waals surface area (Å²) in [6, 6.07) is 5.27. The fourth-order valence-electron chi connectivity index (χ4n) is 3.58. The molecule has 0 saturated heterocycles. The molecule has 29 heavy (non-hydrogen) atoms. The number of carbonyl (C=O) groups excluding carboxylic acids is 1. The van der Waals surface area contributed by atoms with Crippen molar-refractivity contribution in [2.24, 2.45) is 0 Å². The van der Waals surface area contributed by atoms with Crippen LogP contribution < -0.4 is 14.8 Å². The first-order valence-electron chi connectivity index (χ1n) is 9.84. The molecule has 2 aromatic rings. The van der Waals surface area contributed by atoms with Crippen molar-refractivity contribution in [1.82, 2.24) is 14.8 Å². The molecule has 1 aliphatic carbocycles. The van der Waals surface area contributed by atoms with Gasteiger partial charge in [-0.3, -0.25) is 4.79 Å². The quantitative estimate of drug-likeness (QED) is 0.486. The van der Waals surface area contributed by atoms with Gasteiger partial charge in [-0.15, -0.1) is 16.8 Å². The van der Waals surface area contributed by atoms with Crippen LogP contribution in [0, 0.1) is 0 Å². The fourth-order valence-corrected chi connectivity index (χ4v) is 4.33. The monoisotopic (exact) mass is 416 g/mol. The van der Waals surface area contributed by atoms with E-state index in [0.717, 1.165) is 23.8 Å². The van der Waals surface area contributed by atoms with Crippen molar-refractivity contribution in [1.29, 1.82) is 0 Å². The van der Waals surface area contributed by atoms with Crippen LogP contribution in [-0.2, 0) is 11.3 Å². The molecule has 1 aromatic carbocycles. The fraction of sp³-hybridized carbons (Fsp3) is 0.476. The summed E-state index contributed by atoms with van der Waals surface area (Å²) >= 11 is 1.39. The van der Waals surface area contributed by atoms with E-state index < -0.39 is 0 Å². The number of rotatable bonds is 9. The van der Waals surface area contributed by atoms with Crippen LogP contribution in [0.15, 0.2) is 36.0 Å². The molecule has 0 spiro atoms. The number of nitrogens with zero attached hydrogens (tertiary/aromatic N) is 3. The zero-order chi connectivity index (χ0) is 20.6. The summed E-state index contributed by atoms with van der Waals surface area (Å²) in [5.74, 6) is 2.82. The number of carbonyl (C=O) groups is 1. The minimum atomic E-state index is -0.127. The van der Waals surface area contributed by atoms with E-state index in [1.54, 1.807) is 32.4 Å². The van der Waals surface area contributed by atoms with Crippen LogP contribution in [0.2, 0.25) is 0 Å². The summed E-state index contributed by atoms with van der Waals surface area (Å²) in [4.78, 5) is 12.5. The molecule has 1 N–H and O–H groups in total. The van der Waals surface area contributed by atoms with Gasteiger partial charge in [-0.25, -0.2) is 0 Å². The Balaban J connectivity index is 1.65. The van der Waals surface area contributed by atoms with Crippen molar-refractivity contribution in [3.8, 4) is 11.5 Å². The Bertz CT molecular complexity index is 824. The van der Waals surface area contributed by atoms with Crippen LogP contribution in [0.3, 0.4) is 0 Å². The Labute approximate surface area is 175 Å². The number of allylic oxidation sites excluding steroid dienone is 1. The predicted molar refractivity (Wildman–Crippen MR) is 115 cm³/mol. The van der Waals surface area contributed by atoms with E-state index in [4.69, 9.17) is 9.47 Å². The van der Waals surface area contributed by atoms with E-state index in [0.29, 0.717) is 29.6 Å². The Morgan fingerprint density at radius 3 is 2.52 bits per heavy atom. The van der Waals surface area contributed by atoms with Crippen LogP contribution in [0.4, 0.5) is 5.69 Å². The molecule has 1 aliphatic rings. The topological polar surface area (TPSA) is 78.3 Å².